The predicted molar refractivity (Wildman–Crippen MR) is 129 cm³/mol. The van der Waals surface area contributed by atoms with Crippen molar-refractivity contribution in [1.82, 2.24) is 0 Å². The van der Waals surface area contributed by atoms with Crippen LogP contribution < -0.4 is 10.6 Å². The molecule has 0 unspecified atom stereocenters. The molecule has 6 nitrogen and oxygen atoms in total. The first-order valence-corrected chi connectivity index (χ1v) is 10.8. The van der Waals surface area contributed by atoms with Gasteiger partial charge >= 0.3 is 0 Å². The van der Waals surface area contributed by atoms with Gasteiger partial charge in [0.15, 0.2) is 5.76 Å². The SMILES string of the molecule is Cc1cccc(NC(=O)c2oc3ccccc3c2NCC(=O)c2oc3ccc(F)cc3c2C)c1. The lowest BCUT2D eigenvalue weighted by atomic mass is 10.1. The molecule has 0 atom stereocenters. The van der Waals surface area contributed by atoms with E-state index >= 15 is 0 Å². The van der Waals surface area contributed by atoms with E-state index in [4.69, 9.17) is 8.83 Å². The summed E-state index contributed by atoms with van der Waals surface area (Å²) in [4.78, 5) is 26.0. The van der Waals surface area contributed by atoms with Crippen LogP contribution in [0.25, 0.3) is 21.9 Å². The molecule has 0 aliphatic rings. The minimum absolute atomic E-state index is 0.0684. The highest BCUT2D eigenvalue weighted by Crippen LogP contribution is 2.32. The topological polar surface area (TPSA) is 84.5 Å². The number of aryl methyl sites for hydroxylation is 2. The number of para-hydroxylation sites is 1. The maximum Gasteiger partial charge on any atom is 0.293 e. The van der Waals surface area contributed by atoms with E-state index in [1.54, 1.807) is 25.1 Å². The fourth-order valence-electron chi connectivity index (χ4n) is 4.00. The Morgan fingerprint density at radius 3 is 2.44 bits per heavy atom. The van der Waals surface area contributed by atoms with Crippen LogP contribution in [-0.2, 0) is 0 Å². The van der Waals surface area contributed by atoms with Gasteiger partial charge in [0.1, 0.15) is 17.0 Å². The summed E-state index contributed by atoms with van der Waals surface area (Å²) in [5.41, 5.74) is 3.58. The van der Waals surface area contributed by atoms with Gasteiger partial charge in [-0.1, -0.05) is 24.3 Å². The molecule has 0 radical (unpaired) electrons. The molecule has 5 aromatic rings. The number of anilines is 2. The van der Waals surface area contributed by atoms with Gasteiger partial charge in [-0.05, 0) is 61.9 Å². The quantitative estimate of drug-likeness (QED) is 0.286. The van der Waals surface area contributed by atoms with Crippen LogP contribution in [0.2, 0.25) is 0 Å². The van der Waals surface area contributed by atoms with Gasteiger partial charge in [0.05, 0.1) is 12.2 Å². The number of furan rings is 2. The second kappa shape index (κ2) is 8.51. The summed E-state index contributed by atoms with van der Waals surface area (Å²) in [7, 11) is 0. The molecular formula is C27H21FN2O4. The highest BCUT2D eigenvalue weighted by atomic mass is 19.1. The van der Waals surface area contributed by atoms with E-state index in [2.05, 4.69) is 10.6 Å². The molecule has 0 saturated carbocycles. The average molecular weight is 456 g/mol. The molecule has 3 aromatic carbocycles. The molecule has 0 aliphatic carbocycles. The second-order valence-electron chi connectivity index (χ2n) is 8.10. The summed E-state index contributed by atoms with van der Waals surface area (Å²) >= 11 is 0. The highest BCUT2D eigenvalue weighted by molar-refractivity contribution is 6.12. The number of carbonyl (C=O) groups is 2. The minimum Gasteiger partial charge on any atom is -0.453 e. The number of rotatable bonds is 6. The molecule has 5 rings (SSSR count). The van der Waals surface area contributed by atoms with Crippen molar-refractivity contribution in [1.29, 1.82) is 0 Å². The monoisotopic (exact) mass is 456 g/mol. The molecular weight excluding hydrogens is 435 g/mol. The molecule has 0 bridgehead atoms. The standard InChI is InChI=1S/C27H21FN2O4/c1-15-6-5-7-18(12-15)30-27(32)26-24(19-8-3-4-9-22(19)34-26)29-14-21(31)25-16(2)20-13-17(28)10-11-23(20)33-25/h3-13,29H,14H2,1-2H3,(H,30,32). The maximum atomic E-state index is 13.6. The summed E-state index contributed by atoms with van der Waals surface area (Å²) in [5.74, 6) is -0.954. The van der Waals surface area contributed by atoms with Crippen molar-refractivity contribution in [2.24, 2.45) is 0 Å². The molecule has 2 N–H and O–H groups in total. The van der Waals surface area contributed by atoms with Crippen LogP contribution in [0, 0.1) is 19.7 Å². The number of benzene rings is 3. The molecule has 2 heterocycles. The fraction of sp³-hybridized carbons (Fsp3) is 0.111. The molecule has 1 amide bonds. The number of fused-ring (bicyclic) bond motifs is 2. The van der Waals surface area contributed by atoms with Gasteiger partial charge in [-0.25, -0.2) is 4.39 Å². The Balaban J connectivity index is 1.44. The first-order chi connectivity index (χ1) is 16.4. The van der Waals surface area contributed by atoms with Gasteiger partial charge in [-0.3, -0.25) is 9.59 Å². The number of halogens is 1. The van der Waals surface area contributed by atoms with Gasteiger partial charge in [-0.2, -0.15) is 0 Å². The number of hydrogen-bond donors (Lipinski definition) is 2. The average Bonchev–Trinajstić information content (AvgIpc) is 3.35. The van der Waals surface area contributed by atoms with Gasteiger partial charge in [0.25, 0.3) is 5.91 Å². The van der Waals surface area contributed by atoms with E-state index in [9.17, 15) is 14.0 Å². The Hall–Kier alpha value is -4.39. The first-order valence-electron chi connectivity index (χ1n) is 10.8. The van der Waals surface area contributed by atoms with Crippen LogP contribution >= 0.6 is 0 Å². The van der Waals surface area contributed by atoms with Crippen molar-refractivity contribution in [2.75, 3.05) is 17.2 Å². The number of ketones is 1. The largest absolute Gasteiger partial charge is 0.453 e. The van der Waals surface area contributed by atoms with Crippen molar-refractivity contribution >= 4 is 45.0 Å². The lowest BCUT2D eigenvalue weighted by molar-refractivity contribution is 0.0976. The third kappa shape index (κ3) is 3.92. The predicted octanol–water partition coefficient (Wildman–Crippen LogP) is 6.48. The first kappa shape index (κ1) is 21.5. The number of amides is 1. The van der Waals surface area contributed by atoms with E-state index in [0.29, 0.717) is 38.9 Å². The maximum absolute atomic E-state index is 13.6. The summed E-state index contributed by atoms with van der Waals surface area (Å²) in [6.07, 6.45) is 0. The third-order valence-electron chi connectivity index (χ3n) is 5.65. The van der Waals surface area contributed by atoms with E-state index in [1.807, 2.05) is 37.3 Å². The van der Waals surface area contributed by atoms with Gasteiger partial charge in [0.2, 0.25) is 11.5 Å². The lowest BCUT2D eigenvalue weighted by Crippen LogP contribution is -2.18. The van der Waals surface area contributed by atoms with E-state index in [0.717, 1.165) is 5.56 Å². The minimum atomic E-state index is -0.438. The van der Waals surface area contributed by atoms with Crippen LogP contribution in [0.3, 0.4) is 0 Å². The van der Waals surface area contributed by atoms with Gasteiger partial charge < -0.3 is 19.5 Å². The molecule has 7 heteroatoms. The fourth-order valence-corrected chi connectivity index (χ4v) is 4.00. The molecule has 0 aliphatic heterocycles. The normalized spacial score (nSPS) is 11.1. The van der Waals surface area contributed by atoms with Crippen LogP contribution in [0.4, 0.5) is 15.8 Å². The Kier molecular flexibility index (Phi) is 5.37. The molecule has 170 valence electrons. The molecule has 2 aromatic heterocycles. The smallest absolute Gasteiger partial charge is 0.293 e. The van der Waals surface area contributed by atoms with Crippen molar-refractivity contribution < 1.29 is 22.8 Å². The third-order valence-corrected chi connectivity index (χ3v) is 5.65. The van der Waals surface area contributed by atoms with E-state index in [1.165, 1.54) is 18.2 Å². The summed E-state index contributed by atoms with van der Waals surface area (Å²) in [6.45, 7) is 3.51. The zero-order valence-corrected chi connectivity index (χ0v) is 18.6. The van der Waals surface area contributed by atoms with Crippen molar-refractivity contribution in [3.8, 4) is 0 Å². The summed E-state index contributed by atoms with van der Waals surface area (Å²) < 4.78 is 25.1. The number of carbonyl (C=O) groups excluding carboxylic acids is 2. The van der Waals surface area contributed by atoms with Crippen molar-refractivity contribution in [3.05, 3.63) is 95.2 Å². The summed E-state index contributed by atoms with van der Waals surface area (Å²) in [6, 6.07) is 18.7. The molecule has 0 spiro atoms. The molecule has 34 heavy (non-hydrogen) atoms. The highest BCUT2D eigenvalue weighted by Gasteiger charge is 2.23. The van der Waals surface area contributed by atoms with Gasteiger partial charge in [-0.15, -0.1) is 0 Å². The Morgan fingerprint density at radius 1 is 0.853 bits per heavy atom. The Bertz CT molecular complexity index is 1560. The van der Waals surface area contributed by atoms with Crippen LogP contribution in [-0.4, -0.2) is 18.2 Å². The van der Waals surface area contributed by atoms with E-state index < -0.39 is 11.7 Å². The Labute approximate surface area is 194 Å². The van der Waals surface area contributed by atoms with E-state index in [-0.39, 0.29) is 23.8 Å². The molecule has 0 fully saturated rings. The van der Waals surface area contributed by atoms with Crippen LogP contribution in [0.1, 0.15) is 32.2 Å². The lowest BCUT2D eigenvalue weighted by Gasteiger charge is -2.08. The van der Waals surface area contributed by atoms with Crippen LogP contribution in [0.15, 0.2) is 75.6 Å². The van der Waals surface area contributed by atoms with Crippen LogP contribution in [0.5, 0.6) is 0 Å². The number of nitrogens with one attached hydrogen (secondary N) is 2. The Morgan fingerprint density at radius 2 is 1.62 bits per heavy atom. The van der Waals surface area contributed by atoms with Crippen molar-refractivity contribution in [3.63, 3.8) is 0 Å². The van der Waals surface area contributed by atoms with Crippen molar-refractivity contribution in [2.45, 2.75) is 13.8 Å². The second-order valence-corrected chi connectivity index (χ2v) is 8.10. The molecule has 0 saturated heterocycles. The number of Topliss-reactive ketones (excluding diaryl/α,β-unsaturated/α-hetero) is 1. The zero-order valence-electron chi connectivity index (χ0n) is 18.6. The zero-order chi connectivity index (χ0) is 23.8. The van der Waals surface area contributed by atoms with Gasteiger partial charge in [0, 0.05) is 22.0 Å². The number of hydrogen-bond acceptors (Lipinski definition) is 5. The summed E-state index contributed by atoms with van der Waals surface area (Å²) in [5, 5.41) is 7.12.